The molecule has 5 rings (SSSR count). The Hall–Kier alpha value is -3.20. The van der Waals surface area contributed by atoms with Crippen LogP contribution in [0.5, 0.6) is 5.75 Å². The van der Waals surface area contributed by atoms with Gasteiger partial charge < -0.3 is 19.9 Å². The van der Waals surface area contributed by atoms with Gasteiger partial charge in [-0.05, 0) is 30.5 Å². The second-order valence-electron chi connectivity index (χ2n) is 8.00. The number of fused-ring (bicyclic) bond motifs is 4. The van der Waals surface area contributed by atoms with Crippen LogP contribution in [0.1, 0.15) is 39.3 Å². The van der Waals surface area contributed by atoms with Crippen molar-refractivity contribution in [2.45, 2.75) is 38.1 Å². The monoisotopic (exact) mass is 412 g/mol. The van der Waals surface area contributed by atoms with Crippen LogP contribution in [0.3, 0.4) is 0 Å². The van der Waals surface area contributed by atoms with E-state index in [0.29, 0.717) is 24.7 Å². The van der Waals surface area contributed by atoms with Gasteiger partial charge in [-0.2, -0.15) is 0 Å². The van der Waals surface area contributed by atoms with E-state index in [0.717, 1.165) is 19.4 Å². The molecule has 30 heavy (non-hydrogen) atoms. The van der Waals surface area contributed by atoms with E-state index in [1.54, 1.807) is 4.90 Å². The number of benzene rings is 1. The second-order valence-corrected chi connectivity index (χ2v) is 8.00. The number of pyridine rings is 1. The van der Waals surface area contributed by atoms with Gasteiger partial charge in [-0.25, -0.2) is 4.39 Å². The quantitative estimate of drug-likeness (QED) is 0.781. The summed E-state index contributed by atoms with van der Waals surface area (Å²) in [5, 5.41) is 13.1. The first-order chi connectivity index (χ1) is 14.4. The van der Waals surface area contributed by atoms with E-state index in [1.807, 2.05) is 0 Å². The highest BCUT2D eigenvalue weighted by molar-refractivity contribution is 5.99. The average molecular weight is 412 g/mol. The Kier molecular flexibility index (Phi) is 4.35. The first-order valence-electron chi connectivity index (χ1n) is 10.00. The molecule has 1 unspecified atom stereocenters. The normalized spacial score (nSPS) is 22.6. The van der Waals surface area contributed by atoms with Crippen molar-refractivity contribution in [3.63, 3.8) is 0 Å². The van der Waals surface area contributed by atoms with Crippen LogP contribution in [0.25, 0.3) is 0 Å². The number of nitrogens with one attached hydrogen (secondary N) is 1. The molecule has 0 radical (unpaired) electrons. The van der Waals surface area contributed by atoms with Gasteiger partial charge in [-0.15, -0.1) is 0 Å². The summed E-state index contributed by atoms with van der Waals surface area (Å²) < 4.78 is 14.5. The number of carbonyl (C=O) groups excluding carboxylic acids is 2. The van der Waals surface area contributed by atoms with Gasteiger partial charge in [-0.3, -0.25) is 19.3 Å². The number of hydrogen-bond acceptors (Lipinski definition) is 5. The molecular formula is C21H21FN4O4. The summed E-state index contributed by atoms with van der Waals surface area (Å²) >= 11 is 0. The zero-order valence-corrected chi connectivity index (χ0v) is 16.2. The number of aromatic nitrogens is 1. The lowest BCUT2D eigenvalue weighted by Gasteiger charge is -2.35. The third-order valence-electron chi connectivity index (χ3n) is 6.26. The van der Waals surface area contributed by atoms with Crippen LogP contribution in [0, 0.1) is 5.82 Å². The lowest BCUT2D eigenvalue weighted by Crippen LogP contribution is -2.50. The van der Waals surface area contributed by atoms with Gasteiger partial charge >= 0.3 is 0 Å². The zero-order valence-electron chi connectivity index (χ0n) is 16.2. The molecule has 2 saturated heterocycles. The van der Waals surface area contributed by atoms with Gasteiger partial charge in [0.05, 0.1) is 6.54 Å². The van der Waals surface area contributed by atoms with E-state index in [2.05, 4.69) is 10.2 Å². The minimum Gasteiger partial charge on any atom is -0.503 e. The Morgan fingerprint density at radius 2 is 1.97 bits per heavy atom. The van der Waals surface area contributed by atoms with Crippen molar-refractivity contribution in [1.82, 2.24) is 19.7 Å². The van der Waals surface area contributed by atoms with Crippen LogP contribution >= 0.6 is 0 Å². The molecule has 2 fully saturated rings. The van der Waals surface area contributed by atoms with E-state index in [4.69, 9.17) is 0 Å². The van der Waals surface area contributed by atoms with Crippen molar-refractivity contribution in [3.8, 4) is 5.75 Å². The molecule has 1 aromatic heterocycles. The van der Waals surface area contributed by atoms with Crippen LogP contribution in [-0.2, 0) is 13.1 Å². The van der Waals surface area contributed by atoms with Crippen molar-refractivity contribution in [2.24, 2.45) is 0 Å². The molecule has 0 spiro atoms. The Labute approximate surface area is 171 Å². The standard InChI is InChI=1S/C21H21FN4O4/c22-13-5-3-12(4-6-13)8-23-20(29)15-10-24-11-16-25-7-1-2-14(25)9-26(16)21(30)17(24)19(28)18(15)27/h3-6,10,14,16,28H,1-2,7-9,11H2,(H,23,29)/t14-,16?/m1/s1. The Morgan fingerprint density at radius 1 is 1.20 bits per heavy atom. The summed E-state index contributed by atoms with van der Waals surface area (Å²) in [7, 11) is 0. The molecule has 0 bridgehead atoms. The Morgan fingerprint density at radius 3 is 2.73 bits per heavy atom. The van der Waals surface area contributed by atoms with Gasteiger partial charge in [0.15, 0.2) is 11.4 Å². The van der Waals surface area contributed by atoms with Crippen LogP contribution in [0.2, 0.25) is 0 Å². The van der Waals surface area contributed by atoms with Gasteiger partial charge in [-0.1, -0.05) is 12.1 Å². The molecule has 2 aromatic rings. The van der Waals surface area contributed by atoms with Gasteiger partial charge in [0, 0.05) is 31.9 Å². The number of nitrogens with zero attached hydrogens (tertiary/aromatic N) is 3. The largest absolute Gasteiger partial charge is 0.503 e. The fraction of sp³-hybridized carbons (Fsp3) is 0.381. The topological polar surface area (TPSA) is 94.9 Å². The zero-order chi connectivity index (χ0) is 21.0. The van der Waals surface area contributed by atoms with E-state index >= 15 is 0 Å². The van der Waals surface area contributed by atoms with E-state index in [-0.39, 0.29) is 35.7 Å². The van der Waals surface area contributed by atoms with Crippen LogP contribution in [0.15, 0.2) is 35.3 Å². The van der Waals surface area contributed by atoms with Crippen LogP contribution in [0.4, 0.5) is 4.39 Å². The molecule has 2 N–H and O–H groups in total. The predicted molar refractivity (Wildman–Crippen MR) is 104 cm³/mol. The fourth-order valence-electron chi connectivity index (χ4n) is 4.77. The molecule has 8 nitrogen and oxygen atoms in total. The van der Waals surface area contributed by atoms with E-state index in [1.165, 1.54) is 35.0 Å². The maximum absolute atomic E-state index is 13.0. The third-order valence-corrected chi connectivity index (χ3v) is 6.26. The average Bonchev–Trinajstić information content (AvgIpc) is 3.32. The maximum Gasteiger partial charge on any atom is 0.275 e. The summed E-state index contributed by atoms with van der Waals surface area (Å²) in [5.74, 6) is -2.11. The van der Waals surface area contributed by atoms with Crippen LogP contribution < -0.4 is 10.7 Å². The fourth-order valence-corrected chi connectivity index (χ4v) is 4.77. The lowest BCUT2D eigenvalue weighted by molar-refractivity contribution is 0.0513. The smallest absolute Gasteiger partial charge is 0.275 e. The first kappa shape index (κ1) is 18.8. The summed E-state index contributed by atoms with van der Waals surface area (Å²) in [4.78, 5) is 42.2. The van der Waals surface area contributed by atoms with Crippen molar-refractivity contribution in [3.05, 3.63) is 63.3 Å². The number of hydrogen-bond donors (Lipinski definition) is 2. The lowest BCUT2D eigenvalue weighted by atomic mass is 10.1. The minimum atomic E-state index is -0.871. The summed E-state index contributed by atoms with van der Waals surface area (Å²) in [6.07, 6.45) is 3.34. The highest BCUT2D eigenvalue weighted by atomic mass is 19.1. The van der Waals surface area contributed by atoms with E-state index < -0.39 is 17.1 Å². The summed E-state index contributed by atoms with van der Waals surface area (Å²) in [6, 6.07) is 5.94. The molecule has 3 aliphatic heterocycles. The molecule has 9 heteroatoms. The molecule has 1 aromatic carbocycles. The number of rotatable bonds is 3. The van der Waals surface area contributed by atoms with E-state index in [9.17, 15) is 23.9 Å². The SMILES string of the molecule is O=C(NCc1ccc(F)cc1)c1cn2c(c(O)c1=O)C(=O)N1C[C@H]3CCCN3C1C2. The summed E-state index contributed by atoms with van der Waals surface area (Å²) in [5.41, 5.74) is -0.490. The van der Waals surface area contributed by atoms with Gasteiger partial charge in [0.2, 0.25) is 5.43 Å². The number of halogens is 1. The highest BCUT2D eigenvalue weighted by Crippen LogP contribution is 2.35. The molecule has 0 aliphatic carbocycles. The number of aromatic hydroxyl groups is 1. The molecule has 3 aliphatic rings. The highest BCUT2D eigenvalue weighted by Gasteiger charge is 2.48. The first-order valence-corrected chi connectivity index (χ1v) is 10.00. The maximum atomic E-state index is 13.0. The Bertz CT molecular complexity index is 1100. The van der Waals surface area contributed by atoms with Crippen molar-refractivity contribution in [1.29, 1.82) is 0 Å². The van der Waals surface area contributed by atoms with Gasteiger partial charge in [0.1, 0.15) is 17.5 Å². The molecule has 4 heterocycles. The Balaban J connectivity index is 1.43. The van der Waals surface area contributed by atoms with Crippen molar-refractivity contribution >= 4 is 11.8 Å². The molecule has 156 valence electrons. The molecular weight excluding hydrogens is 391 g/mol. The number of amides is 2. The number of carbonyl (C=O) groups is 2. The minimum absolute atomic E-state index is 0.0625. The molecule has 2 atom stereocenters. The molecule has 2 amide bonds. The van der Waals surface area contributed by atoms with Crippen molar-refractivity contribution < 1.29 is 19.1 Å². The van der Waals surface area contributed by atoms with Gasteiger partial charge in [0.25, 0.3) is 11.8 Å². The van der Waals surface area contributed by atoms with Crippen LogP contribution in [-0.4, -0.2) is 56.6 Å². The third kappa shape index (κ3) is 2.88. The molecule has 0 saturated carbocycles. The predicted octanol–water partition coefficient (Wildman–Crippen LogP) is 0.883. The summed E-state index contributed by atoms with van der Waals surface area (Å²) in [6.45, 7) is 2.00. The van der Waals surface area contributed by atoms with Crippen molar-refractivity contribution in [2.75, 3.05) is 13.1 Å². The second kappa shape index (κ2) is 6.94.